The first-order valence-electron chi connectivity index (χ1n) is 8.92. The van der Waals surface area contributed by atoms with E-state index in [2.05, 4.69) is 0 Å². The third-order valence-corrected chi connectivity index (χ3v) is 4.69. The first-order chi connectivity index (χ1) is 13.1. The molecule has 0 N–H and O–H groups in total. The molecule has 0 radical (unpaired) electrons. The summed E-state index contributed by atoms with van der Waals surface area (Å²) in [7, 11) is 0. The van der Waals surface area contributed by atoms with Crippen molar-refractivity contribution in [2.24, 2.45) is 0 Å². The quantitative estimate of drug-likeness (QED) is 0.397. The molecule has 0 fully saturated rings. The lowest BCUT2D eigenvalue weighted by atomic mass is 10.0. The Labute approximate surface area is 156 Å². The second-order valence-electron chi connectivity index (χ2n) is 6.47. The van der Waals surface area contributed by atoms with Gasteiger partial charge in [0.2, 0.25) is 0 Å². The maximum Gasteiger partial charge on any atom is 0.338 e. The van der Waals surface area contributed by atoms with Gasteiger partial charge in [0.1, 0.15) is 0 Å². The Balaban J connectivity index is 2.10. The monoisotopic (exact) mass is 357 g/mol. The summed E-state index contributed by atoms with van der Waals surface area (Å²) in [5.41, 5.74) is 3.08. The number of benzene rings is 3. The van der Waals surface area contributed by atoms with Gasteiger partial charge in [-0.3, -0.25) is 9.36 Å². The molecule has 0 bridgehead atoms. The van der Waals surface area contributed by atoms with Gasteiger partial charge < -0.3 is 4.74 Å². The van der Waals surface area contributed by atoms with Crippen LogP contribution in [-0.2, 0) is 4.74 Å². The molecule has 0 aliphatic carbocycles. The number of carbonyl (C=O) groups excluding carboxylic acids is 1. The molecule has 0 atom stereocenters. The van der Waals surface area contributed by atoms with Gasteiger partial charge in [-0.2, -0.15) is 0 Å². The molecule has 1 heterocycles. The zero-order chi connectivity index (χ0) is 19.0. The predicted octanol–water partition coefficient (Wildman–Crippen LogP) is 4.63. The summed E-state index contributed by atoms with van der Waals surface area (Å²) in [6, 6.07) is 20.6. The molecular formula is C23H19NO3. The molecule has 4 nitrogen and oxygen atoms in total. The number of carbonyl (C=O) groups is 1. The van der Waals surface area contributed by atoms with Crippen LogP contribution in [0.25, 0.3) is 27.4 Å². The number of hydrogen-bond acceptors (Lipinski definition) is 3. The fourth-order valence-electron chi connectivity index (χ4n) is 3.37. The molecule has 134 valence electrons. The largest absolute Gasteiger partial charge is 0.462 e. The summed E-state index contributed by atoms with van der Waals surface area (Å²) >= 11 is 0. The number of esters is 1. The third kappa shape index (κ3) is 2.89. The van der Waals surface area contributed by atoms with E-state index >= 15 is 0 Å². The summed E-state index contributed by atoms with van der Waals surface area (Å²) in [6.07, 6.45) is 0. The average Bonchev–Trinajstić information content (AvgIpc) is 2.69. The minimum Gasteiger partial charge on any atom is -0.462 e. The van der Waals surface area contributed by atoms with Gasteiger partial charge in [0.15, 0.2) is 0 Å². The van der Waals surface area contributed by atoms with E-state index in [1.807, 2.05) is 61.5 Å². The lowest BCUT2D eigenvalue weighted by Gasteiger charge is -2.14. The Morgan fingerprint density at radius 3 is 2.33 bits per heavy atom. The van der Waals surface area contributed by atoms with Crippen LogP contribution in [0.1, 0.15) is 22.8 Å². The molecule has 0 aliphatic rings. The zero-order valence-electron chi connectivity index (χ0n) is 15.2. The summed E-state index contributed by atoms with van der Waals surface area (Å²) in [5.74, 6) is -0.364. The van der Waals surface area contributed by atoms with Crippen molar-refractivity contribution in [2.75, 3.05) is 6.61 Å². The van der Waals surface area contributed by atoms with Crippen LogP contribution in [-0.4, -0.2) is 17.1 Å². The van der Waals surface area contributed by atoms with E-state index in [0.717, 1.165) is 27.5 Å². The molecule has 0 unspecified atom stereocenters. The van der Waals surface area contributed by atoms with E-state index < -0.39 is 0 Å². The molecule has 0 spiro atoms. The third-order valence-electron chi connectivity index (χ3n) is 4.69. The average molecular weight is 357 g/mol. The van der Waals surface area contributed by atoms with Gasteiger partial charge in [-0.1, -0.05) is 35.9 Å². The molecule has 0 amide bonds. The molecule has 4 aromatic rings. The second-order valence-corrected chi connectivity index (χ2v) is 6.47. The fraction of sp³-hybridized carbons (Fsp3) is 0.130. The lowest BCUT2D eigenvalue weighted by Crippen LogP contribution is -2.19. The lowest BCUT2D eigenvalue weighted by molar-refractivity contribution is 0.0526. The normalized spacial score (nSPS) is 11.0. The van der Waals surface area contributed by atoms with Gasteiger partial charge in [-0.25, -0.2) is 4.79 Å². The summed E-state index contributed by atoms with van der Waals surface area (Å²) in [6.45, 7) is 4.11. The van der Waals surface area contributed by atoms with Crippen molar-refractivity contribution >= 4 is 27.6 Å². The Morgan fingerprint density at radius 1 is 0.926 bits per heavy atom. The first kappa shape index (κ1) is 17.0. The Hall–Kier alpha value is -3.40. The second kappa shape index (κ2) is 6.72. The van der Waals surface area contributed by atoms with Gasteiger partial charge in [0.05, 0.1) is 17.7 Å². The highest BCUT2D eigenvalue weighted by Crippen LogP contribution is 2.26. The van der Waals surface area contributed by atoms with Crippen LogP contribution in [0.3, 0.4) is 0 Å². The van der Waals surface area contributed by atoms with Crippen molar-refractivity contribution in [2.45, 2.75) is 13.8 Å². The molecule has 0 aliphatic heterocycles. The molecule has 0 saturated heterocycles. The van der Waals surface area contributed by atoms with E-state index in [0.29, 0.717) is 17.6 Å². The number of aromatic nitrogens is 1. The Kier molecular flexibility index (Phi) is 4.24. The zero-order valence-corrected chi connectivity index (χ0v) is 15.2. The van der Waals surface area contributed by atoms with Crippen molar-refractivity contribution in [1.29, 1.82) is 0 Å². The summed E-state index contributed by atoms with van der Waals surface area (Å²) in [5, 5.41) is 2.29. The highest BCUT2D eigenvalue weighted by atomic mass is 16.5. The molecule has 3 aromatic carbocycles. The van der Waals surface area contributed by atoms with E-state index in [-0.39, 0.29) is 11.5 Å². The Morgan fingerprint density at radius 2 is 1.63 bits per heavy atom. The van der Waals surface area contributed by atoms with Crippen molar-refractivity contribution < 1.29 is 9.53 Å². The number of ether oxygens (including phenoxy) is 1. The number of fused-ring (bicyclic) bond motifs is 3. The smallest absolute Gasteiger partial charge is 0.338 e. The number of pyridine rings is 1. The molecule has 1 aromatic heterocycles. The number of hydrogen-bond donors (Lipinski definition) is 0. The van der Waals surface area contributed by atoms with E-state index in [9.17, 15) is 9.59 Å². The van der Waals surface area contributed by atoms with E-state index in [4.69, 9.17) is 4.74 Å². The van der Waals surface area contributed by atoms with Crippen molar-refractivity contribution in [3.05, 3.63) is 88.2 Å². The number of aryl methyl sites for hydroxylation is 1. The molecule has 4 rings (SSSR count). The standard InChI is InChI=1S/C23H19NO3/c1-3-27-23(26)16-10-13-21-20(14-16)18-6-4-5-7-19(18)22(25)24(21)17-11-8-15(2)9-12-17/h4-14H,3H2,1-2H3. The molecular weight excluding hydrogens is 338 g/mol. The van der Waals surface area contributed by atoms with Gasteiger partial charge in [0.25, 0.3) is 5.56 Å². The van der Waals surface area contributed by atoms with Crippen molar-refractivity contribution in [3.8, 4) is 5.69 Å². The van der Waals surface area contributed by atoms with Crippen LogP contribution in [0.4, 0.5) is 0 Å². The van der Waals surface area contributed by atoms with Gasteiger partial charge in [-0.15, -0.1) is 0 Å². The number of nitrogens with zero attached hydrogens (tertiary/aromatic N) is 1. The fourth-order valence-corrected chi connectivity index (χ4v) is 3.37. The van der Waals surface area contributed by atoms with Gasteiger partial charge in [0, 0.05) is 16.5 Å². The van der Waals surface area contributed by atoms with Crippen LogP contribution in [0.15, 0.2) is 71.5 Å². The highest BCUT2D eigenvalue weighted by Gasteiger charge is 2.15. The first-order valence-corrected chi connectivity index (χ1v) is 8.92. The topological polar surface area (TPSA) is 48.3 Å². The minimum atomic E-state index is -0.364. The molecule has 27 heavy (non-hydrogen) atoms. The van der Waals surface area contributed by atoms with Crippen LogP contribution in [0, 0.1) is 6.92 Å². The van der Waals surface area contributed by atoms with Crippen LogP contribution >= 0.6 is 0 Å². The van der Waals surface area contributed by atoms with Gasteiger partial charge in [-0.05, 0) is 55.6 Å². The van der Waals surface area contributed by atoms with Crippen molar-refractivity contribution in [3.63, 3.8) is 0 Å². The number of rotatable bonds is 3. The van der Waals surface area contributed by atoms with Crippen LogP contribution in [0.5, 0.6) is 0 Å². The van der Waals surface area contributed by atoms with Crippen LogP contribution in [0.2, 0.25) is 0 Å². The van der Waals surface area contributed by atoms with Crippen LogP contribution < -0.4 is 5.56 Å². The maximum absolute atomic E-state index is 13.2. The molecule has 0 saturated carbocycles. The van der Waals surface area contributed by atoms with E-state index in [1.165, 1.54) is 0 Å². The predicted molar refractivity (Wildman–Crippen MR) is 108 cm³/mol. The SMILES string of the molecule is CCOC(=O)c1ccc2c(c1)c1ccccc1c(=O)n2-c1ccc(C)cc1. The van der Waals surface area contributed by atoms with E-state index in [1.54, 1.807) is 23.6 Å². The summed E-state index contributed by atoms with van der Waals surface area (Å²) in [4.78, 5) is 25.4. The maximum atomic E-state index is 13.2. The van der Waals surface area contributed by atoms with Crippen molar-refractivity contribution in [1.82, 2.24) is 4.57 Å². The minimum absolute atomic E-state index is 0.0779. The Bertz CT molecular complexity index is 1220. The van der Waals surface area contributed by atoms with Gasteiger partial charge >= 0.3 is 5.97 Å². The summed E-state index contributed by atoms with van der Waals surface area (Å²) < 4.78 is 6.83. The molecule has 4 heteroatoms. The highest BCUT2D eigenvalue weighted by molar-refractivity contribution is 6.08.